The molecule has 16 heteroatoms. The van der Waals surface area contributed by atoms with Gasteiger partial charge in [-0.05, 0) is 47.9 Å². The molecule has 0 aliphatic carbocycles. The van der Waals surface area contributed by atoms with Crippen molar-refractivity contribution in [2.24, 2.45) is 10.2 Å². The first kappa shape index (κ1) is 28.3. The summed E-state index contributed by atoms with van der Waals surface area (Å²) in [5.41, 5.74) is 6.73. The average Bonchev–Trinajstić information content (AvgIpc) is 2.71. The van der Waals surface area contributed by atoms with Gasteiger partial charge in [-0.2, -0.15) is 21.9 Å². The molecule has 0 aliphatic heterocycles. The first-order chi connectivity index (χ1) is 15.3. The Hall–Kier alpha value is -1.95. The van der Waals surface area contributed by atoms with Gasteiger partial charge in [0.25, 0.3) is 10.1 Å². The Morgan fingerprint density at radius 2 is 1.44 bits per heavy atom. The number of nitrogens with zero attached hydrogens (tertiary/aromatic N) is 2. The number of anilines is 1. The van der Waals surface area contributed by atoms with E-state index >= 15 is 0 Å². The summed E-state index contributed by atoms with van der Waals surface area (Å²) in [6.07, 6.45) is 0. The number of azo groups is 1. The maximum absolute atomic E-state index is 12.2. The number of nitrogens with two attached hydrogens (primary N) is 1. The minimum atomic E-state index is -4.74. The van der Waals surface area contributed by atoms with Crippen molar-refractivity contribution in [2.75, 3.05) is 18.1 Å². The fourth-order valence-electron chi connectivity index (χ4n) is 2.78. The van der Waals surface area contributed by atoms with Crippen LogP contribution in [0.5, 0.6) is 0 Å². The third-order valence-electron chi connectivity index (χ3n) is 4.34. The second-order valence-electron chi connectivity index (χ2n) is 6.62. The van der Waals surface area contributed by atoms with Gasteiger partial charge in [-0.1, -0.05) is 12.1 Å². The molecule has 176 valence electrons. The zero-order valence-electron chi connectivity index (χ0n) is 17.6. The maximum atomic E-state index is 12.2. The molecule has 0 saturated heterocycles. The second-order valence-corrected chi connectivity index (χ2v) is 11.2. The number of hydrogen-bond donors (Lipinski definition) is 3. The molecule has 0 radical (unpaired) electrons. The maximum Gasteiger partial charge on any atom is 1.00 e. The molecule has 0 unspecified atom stereocenters. The molecule has 4 N–H and O–H groups in total. The largest absolute Gasteiger partial charge is 1.00 e. The fourth-order valence-corrected chi connectivity index (χ4v) is 4.78. The quantitative estimate of drug-likeness (QED) is 0.148. The van der Waals surface area contributed by atoms with Crippen LogP contribution < -0.4 is 35.3 Å². The number of fused-ring (bicyclic) bond motifs is 1. The van der Waals surface area contributed by atoms with Crippen LogP contribution in [0.15, 0.2) is 74.6 Å². The Labute approximate surface area is 217 Å². The van der Waals surface area contributed by atoms with E-state index in [4.69, 9.17) is 10.3 Å². The van der Waals surface area contributed by atoms with Crippen LogP contribution in [0.4, 0.5) is 17.1 Å². The van der Waals surface area contributed by atoms with Crippen LogP contribution in [0.25, 0.3) is 10.8 Å². The topological polar surface area (TPSA) is 203 Å². The normalized spacial score (nSPS) is 12.6. The minimum Gasteiger partial charge on any atom is -0.397 e. The van der Waals surface area contributed by atoms with Gasteiger partial charge in [-0.25, -0.2) is 12.6 Å². The molecular weight excluding hydrogens is 521 g/mol. The first-order valence-corrected chi connectivity index (χ1v) is 13.4. The van der Waals surface area contributed by atoms with Crippen LogP contribution in [0.2, 0.25) is 0 Å². The monoisotopic (exact) mass is 538 g/mol. The van der Waals surface area contributed by atoms with Crippen molar-refractivity contribution in [3.8, 4) is 0 Å². The Kier molecular flexibility index (Phi) is 8.95. The molecule has 12 nitrogen and oxygen atoms in total. The molecule has 0 aliphatic rings. The molecule has 0 amide bonds. The van der Waals surface area contributed by atoms with Crippen LogP contribution in [-0.2, 0) is 34.5 Å². The molecule has 0 spiro atoms. The van der Waals surface area contributed by atoms with Crippen molar-refractivity contribution >= 4 is 58.2 Å². The molecule has 3 aromatic rings. The molecular formula is C18H17N3NaO9S3+. The van der Waals surface area contributed by atoms with Gasteiger partial charge in [0.1, 0.15) is 5.69 Å². The van der Waals surface area contributed by atoms with Crippen molar-refractivity contribution in [3.05, 3.63) is 54.6 Å². The molecule has 34 heavy (non-hydrogen) atoms. The van der Waals surface area contributed by atoms with E-state index in [1.54, 1.807) is 6.07 Å². The van der Waals surface area contributed by atoms with Gasteiger partial charge >= 0.3 is 40.0 Å². The zero-order valence-corrected chi connectivity index (χ0v) is 22.0. The molecule has 3 aromatic carbocycles. The summed E-state index contributed by atoms with van der Waals surface area (Å²) in [4.78, 5) is -0.413. The molecule has 0 atom stereocenters. The molecule has 3 rings (SSSR count). The van der Waals surface area contributed by atoms with Crippen LogP contribution in [0, 0.1) is 0 Å². The second kappa shape index (κ2) is 10.8. The van der Waals surface area contributed by atoms with Crippen LogP contribution in [0.3, 0.4) is 0 Å². The van der Waals surface area contributed by atoms with Crippen LogP contribution >= 0.6 is 0 Å². The Bertz CT molecular complexity index is 1560. The van der Waals surface area contributed by atoms with E-state index in [2.05, 4.69) is 14.4 Å². The molecule has 0 saturated carbocycles. The number of rotatable bonds is 8. The number of nitrogen functional groups attached to an aromatic ring is 1. The Morgan fingerprint density at radius 1 is 0.824 bits per heavy atom. The fraction of sp³-hybridized carbons (Fsp3) is 0.111. The molecule has 0 aromatic heterocycles. The predicted octanol–water partition coefficient (Wildman–Crippen LogP) is -0.319. The molecule has 0 heterocycles. The minimum absolute atomic E-state index is 0. The van der Waals surface area contributed by atoms with Gasteiger partial charge < -0.3 is 5.73 Å². The van der Waals surface area contributed by atoms with Crippen molar-refractivity contribution in [2.45, 2.75) is 9.79 Å². The molecule has 0 fully saturated rings. The SMILES string of the molecule is Nc1ccc2cc(S(=O)(=O)O)ccc2c1N=Nc1ccc(S(=O)(=O)CCOS(=O)(=O)O)cc1.[Na+]. The van der Waals surface area contributed by atoms with E-state index in [0.717, 1.165) is 0 Å². The summed E-state index contributed by atoms with van der Waals surface area (Å²) in [7, 11) is -13.0. The summed E-state index contributed by atoms with van der Waals surface area (Å²) in [5, 5.41) is 9.03. The van der Waals surface area contributed by atoms with Crippen molar-refractivity contribution < 1.29 is 68.1 Å². The average molecular weight is 539 g/mol. The summed E-state index contributed by atoms with van der Waals surface area (Å²) >= 11 is 0. The number of benzene rings is 3. The summed E-state index contributed by atoms with van der Waals surface area (Å²) in [6.45, 7) is -0.748. The smallest absolute Gasteiger partial charge is 0.397 e. The van der Waals surface area contributed by atoms with E-state index in [-0.39, 0.29) is 56.4 Å². The van der Waals surface area contributed by atoms with E-state index in [9.17, 15) is 29.8 Å². The first-order valence-electron chi connectivity index (χ1n) is 8.92. The molecule has 0 bridgehead atoms. The zero-order chi connectivity index (χ0) is 24.4. The van der Waals surface area contributed by atoms with Gasteiger partial charge in [0.2, 0.25) is 0 Å². The number of sulfone groups is 1. The van der Waals surface area contributed by atoms with Crippen molar-refractivity contribution in [1.82, 2.24) is 0 Å². The van der Waals surface area contributed by atoms with Crippen LogP contribution in [-0.4, -0.2) is 46.7 Å². The third-order valence-corrected chi connectivity index (χ3v) is 7.35. The van der Waals surface area contributed by atoms with E-state index in [1.165, 1.54) is 48.5 Å². The summed E-state index contributed by atoms with van der Waals surface area (Å²) < 4.78 is 89.9. The third kappa shape index (κ3) is 7.27. The Morgan fingerprint density at radius 3 is 2.03 bits per heavy atom. The number of hydrogen-bond acceptors (Lipinski definition) is 10. The van der Waals surface area contributed by atoms with Crippen molar-refractivity contribution in [1.29, 1.82) is 0 Å². The van der Waals surface area contributed by atoms with Gasteiger partial charge in [0.05, 0.1) is 33.5 Å². The van der Waals surface area contributed by atoms with Gasteiger partial charge in [0.15, 0.2) is 9.84 Å². The van der Waals surface area contributed by atoms with Gasteiger partial charge in [-0.3, -0.25) is 9.11 Å². The summed E-state index contributed by atoms with van der Waals surface area (Å²) in [6, 6.07) is 12.1. The van der Waals surface area contributed by atoms with Gasteiger partial charge in [0, 0.05) is 5.39 Å². The van der Waals surface area contributed by atoms with E-state index in [1.807, 2.05) is 0 Å². The summed E-state index contributed by atoms with van der Waals surface area (Å²) in [5.74, 6) is -0.675. The standard InChI is InChI=1S/C18H17N3O9S3.Na/c19-17-8-1-12-11-15(32(24,25)26)6-7-16(12)18(17)21-20-13-2-4-14(5-3-13)31(22,23)10-9-30-33(27,28)29;/h1-8,11H,9-10,19H2,(H,24,25,26)(H,27,28,29);/q;+1. The van der Waals surface area contributed by atoms with Crippen molar-refractivity contribution in [3.63, 3.8) is 0 Å². The Balaban J connectivity index is 0.00000408. The van der Waals surface area contributed by atoms with E-state index in [0.29, 0.717) is 10.8 Å². The van der Waals surface area contributed by atoms with Gasteiger partial charge in [-0.15, -0.1) is 5.11 Å². The predicted molar refractivity (Wildman–Crippen MR) is 118 cm³/mol. The van der Waals surface area contributed by atoms with E-state index < -0.39 is 42.7 Å². The van der Waals surface area contributed by atoms with Crippen LogP contribution in [0.1, 0.15) is 0 Å².